The first kappa shape index (κ1) is 19.8. The van der Waals surface area contributed by atoms with Gasteiger partial charge in [-0.2, -0.15) is 5.10 Å². The van der Waals surface area contributed by atoms with E-state index in [0.29, 0.717) is 22.7 Å². The lowest BCUT2D eigenvalue weighted by molar-refractivity contribution is -0.115. The normalized spacial score (nSPS) is 10.3. The fraction of sp³-hybridized carbons (Fsp3) is 0.0435. The first-order chi connectivity index (χ1) is 15.2. The molecular weight excluding hydrogens is 394 g/mol. The van der Waals surface area contributed by atoms with Crippen molar-refractivity contribution in [1.29, 1.82) is 0 Å². The van der Waals surface area contributed by atoms with Crippen LogP contribution >= 0.6 is 0 Å². The second-order valence-corrected chi connectivity index (χ2v) is 6.56. The highest BCUT2D eigenvalue weighted by molar-refractivity contribution is 5.99. The van der Waals surface area contributed by atoms with Crippen molar-refractivity contribution in [3.8, 4) is 17.2 Å². The Hall–Kier alpha value is -4.46. The molecule has 4 aromatic rings. The van der Waals surface area contributed by atoms with Crippen molar-refractivity contribution in [2.24, 2.45) is 0 Å². The van der Waals surface area contributed by atoms with Crippen LogP contribution in [0.3, 0.4) is 0 Å². The van der Waals surface area contributed by atoms with Gasteiger partial charge < -0.3 is 15.4 Å². The number of ether oxygens (including phenoxy) is 1. The Morgan fingerprint density at radius 2 is 1.58 bits per heavy atom. The molecule has 1 heterocycles. The quantitative estimate of drug-likeness (QED) is 0.484. The van der Waals surface area contributed by atoms with Gasteiger partial charge in [-0.15, -0.1) is 0 Å². The lowest BCUT2D eigenvalue weighted by atomic mass is 10.2. The Kier molecular flexibility index (Phi) is 5.99. The summed E-state index contributed by atoms with van der Waals surface area (Å²) in [5.41, 5.74) is 1.87. The summed E-state index contributed by atoms with van der Waals surface area (Å²) in [6.45, 7) is -0.147. The molecule has 8 heteroatoms. The fourth-order valence-corrected chi connectivity index (χ4v) is 2.81. The topological polar surface area (TPSA) is 98.1 Å². The van der Waals surface area contributed by atoms with Crippen molar-refractivity contribution in [2.45, 2.75) is 0 Å². The third-order valence-corrected chi connectivity index (χ3v) is 4.34. The molecule has 3 aromatic carbocycles. The van der Waals surface area contributed by atoms with Crippen LogP contribution in [-0.4, -0.2) is 33.1 Å². The van der Waals surface area contributed by atoms with Crippen molar-refractivity contribution < 1.29 is 14.3 Å². The van der Waals surface area contributed by atoms with Gasteiger partial charge in [0.05, 0.1) is 12.2 Å². The Morgan fingerprint density at radius 1 is 0.871 bits per heavy atom. The summed E-state index contributed by atoms with van der Waals surface area (Å²) in [6.07, 6.45) is 3.03. The molecule has 0 fully saturated rings. The van der Waals surface area contributed by atoms with Crippen molar-refractivity contribution in [3.05, 3.63) is 97.1 Å². The number of carbonyl (C=O) groups is 2. The maximum atomic E-state index is 12.3. The lowest BCUT2D eigenvalue weighted by Crippen LogP contribution is -2.32. The minimum Gasteiger partial charge on any atom is -0.457 e. The van der Waals surface area contributed by atoms with E-state index in [1.165, 1.54) is 6.33 Å². The SMILES string of the molecule is O=C(CNC(=O)c1ccc(Oc2ccccc2)cc1)Nc1ccc(-n2cncn2)cc1. The van der Waals surface area contributed by atoms with E-state index in [2.05, 4.69) is 20.7 Å². The third kappa shape index (κ3) is 5.33. The highest BCUT2D eigenvalue weighted by Gasteiger charge is 2.09. The second kappa shape index (κ2) is 9.36. The van der Waals surface area contributed by atoms with E-state index < -0.39 is 0 Å². The van der Waals surface area contributed by atoms with E-state index >= 15 is 0 Å². The van der Waals surface area contributed by atoms with Crippen LogP contribution in [0.15, 0.2) is 91.5 Å². The number of hydrogen-bond acceptors (Lipinski definition) is 5. The zero-order valence-corrected chi connectivity index (χ0v) is 16.4. The van der Waals surface area contributed by atoms with Gasteiger partial charge >= 0.3 is 0 Å². The highest BCUT2D eigenvalue weighted by atomic mass is 16.5. The van der Waals surface area contributed by atoms with Gasteiger partial charge in [0.1, 0.15) is 24.2 Å². The largest absolute Gasteiger partial charge is 0.457 e. The van der Waals surface area contributed by atoms with Crippen molar-refractivity contribution in [3.63, 3.8) is 0 Å². The average Bonchev–Trinajstić information content (AvgIpc) is 3.34. The Labute approximate surface area is 178 Å². The Morgan fingerprint density at radius 3 is 2.26 bits per heavy atom. The van der Waals surface area contributed by atoms with Crippen LogP contribution in [0.25, 0.3) is 5.69 Å². The summed E-state index contributed by atoms with van der Waals surface area (Å²) < 4.78 is 7.32. The molecule has 31 heavy (non-hydrogen) atoms. The number of anilines is 1. The summed E-state index contributed by atoms with van der Waals surface area (Å²) in [4.78, 5) is 28.3. The summed E-state index contributed by atoms with van der Waals surface area (Å²) in [5, 5.41) is 9.39. The van der Waals surface area contributed by atoms with Gasteiger partial charge in [-0.1, -0.05) is 18.2 Å². The van der Waals surface area contributed by atoms with E-state index in [1.807, 2.05) is 42.5 Å². The molecule has 154 valence electrons. The number of nitrogens with zero attached hydrogens (tertiary/aromatic N) is 3. The molecule has 4 rings (SSSR count). The van der Waals surface area contributed by atoms with Gasteiger partial charge in [-0.25, -0.2) is 9.67 Å². The minimum absolute atomic E-state index is 0.147. The standard InChI is InChI=1S/C23H19N5O3/c29-22(27-18-8-10-19(11-9-18)28-16-24-15-26-28)14-25-23(30)17-6-12-21(13-7-17)31-20-4-2-1-3-5-20/h1-13,15-16H,14H2,(H,25,30)(H,27,29). The maximum absolute atomic E-state index is 12.3. The van der Waals surface area contributed by atoms with Crippen LogP contribution in [0.2, 0.25) is 0 Å². The van der Waals surface area contributed by atoms with E-state index in [4.69, 9.17) is 4.74 Å². The number of hydrogen-bond donors (Lipinski definition) is 2. The zero-order valence-electron chi connectivity index (χ0n) is 16.4. The molecule has 0 unspecified atom stereocenters. The molecule has 0 aliphatic rings. The molecule has 0 radical (unpaired) electrons. The van der Waals surface area contributed by atoms with E-state index in [-0.39, 0.29) is 18.4 Å². The molecule has 0 spiro atoms. The van der Waals surface area contributed by atoms with Crippen LogP contribution in [0.1, 0.15) is 10.4 Å². The number of carbonyl (C=O) groups excluding carboxylic acids is 2. The van der Waals surface area contributed by atoms with Crippen LogP contribution in [0.5, 0.6) is 11.5 Å². The first-order valence-electron chi connectivity index (χ1n) is 9.53. The number of para-hydroxylation sites is 1. The van der Waals surface area contributed by atoms with Crippen molar-refractivity contribution >= 4 is 17.5 Å². The summed E-state index contributed by atoms with van der Waals surface area (Å²) in [6, 6.07) is 23.2. The number of nitrogens with one attached hydrogen (secondary N) is 2. The third-order valence-electron chi connectivity index (χ3n) is 4.34. The first-order valence-corrected chi connectivity index (χ1v) is 9.53. The maximum Gasteiger partial charge on any atom is 0.251 e. The summed E-state index contributed by atoms with van der Waals surface area (Å²) >= 11 is 0. The molecule has 0 aliphatic heterocycles. The monoisotopic (exact) mass is 413 g/mol. The number of benzene rings is 3. The zero-order chi connectivity index (χ0) is 21.5. The molecule has 0 bridgehead atoms. The van der Waals surface area contributed by atoms with E-state index in [0.717, 1.165) is 5.69 Å². The molecule has 1 aromatic heterocycles. The second-order valence-electron chi connectivity index (χ2n) is 6.56. The molecule has 0 aliphatic carbocycles. The predicted molar refractivity (Wildman–Crippen MR) is 115 cm³/mol. The van der Waals surface area contributed by atoms with Gasteiger partial charge in [0.25, 0.3) is 5.91 Å². The summed E-state index contributed by atoms with van der Waals surface area (Å²) in [7, 11) is 0. The minimum atomic E-state index is -0.344. The Bertz CT molecular complexity index is 1140. The predicted octanol–water partition coefficient (Wildman–Crippen LogP) is 3.43. The molecule has 0 saturated carbocycles. The van der Waals surface area contributed by atoms with Gasteiger partial charge in [0.2, 0.25) is 5.91 Å². The molecule has 0 saturated heterocycles. The molecule has 2 amide bonds. The highest BCUT2D eigenvalue weighted by Crippen LogP contribution is 2.21. The smallest absolute Gasteiger partial charge is 0.251 e. The van der Waals surface area contributed by atoms with Crippen molar-refractivity contribution in [1.82, 2.24) is 20.1 Å². The summed E-state index contributed by atoms with van der Waals surface area (Å²) in [5.74, 6) is 0.661. The number of amides is 2. The molecule has 8 nitrogen and oxygen atoms in total. The van der Waals surface area contributed by atoms with Gasteiger partial charge in [-0.05, 0) is 60.7 Å². The molecule has 0 atom stereocenters. The van der Waals surface area contributed by atoms with Crippen LogP contribution in [0, 0.1) is 0 Å². The van der Waals surface area contributed by atoms with Gasteiger partial charge in [0, 0.05) is 11.3 Å². The fourth-order valence-electron chi connectivity index (χ4n) is 2.81. The van der Waals surface area contributed by atoms with E-state index in [1.54, 1.807) is 47.4 Å². The Balaban J connectivity index is 1.26. The average molecular weight is 413 g/mol. The van der Waals surface area contributed by atoms with Gasteiger partial charge in [0.15, 0.2) is 0 Å². The van der Waals surface area contributed by atoms with Gasteiger partial charge in [-0.3, -0.25) is 9.59 Å². The molecular formula is C23H19N5O3. The van der Waals surface area contributed by atoms with Crippen LogP contribution in [-0.2, 0) is 4.79 Å². The van der Waals surface area contributed by atoms with Crippen LogP contribution in [0.4, 0.5) is 5.69 Å². The van der Waals surface area contributed by atoms with Crippen LogP contribution < -0.4 is 15.4 Å². The number of rotatable bonds is 7. The van der Waals surface area contributed by atoms with E-state index in [9.17, 15) is 9.59 Å². The van der Waals surface area contributed by atoms with Crippen molar-refractivity contribution in [2.75, 3.05) is 11.9 Å². The molecule has 2 N–H and O–H groups in total. The number of aromatic nitrogens is 3. The lowest BCUT2D eigenvalue weighted by Gasteiger charge is -2.09.